The number of thioether (sulfide) groups is 2. The van der Waals surface area contributed by atoms with Crippen molar-refractivity contribution in [1.29, 1.82) is 0 Å². The Bertz CT molecular complexity index is 985. The van der Waals surface area contributed by atoms with Gasteiger partial charge < -0.3 is 0 Å². The summed E-state index contributed by atoms with van der Waals surface area (Å²) in [5.74, 6) is -0.0478. The zero-order valence-electron chi connectivity index (χ0n) is 15.8. The smallest absolute Gasteiger partial charge is 0.272 e. The summed E-state index contributed by atoms with van der Waals surface area (Å²) in [5.41, 5.74) is -0.0181. The van der Waals surface area contributed by atoms with Crippen molar-refractivity contribution in [2.45, 2.75) is 36.7 Å². The summed E-state index contributed by atoms with van der Waals surface area (Å²) in [4.78, 5) is 36.3. The number of benzene rings is 1. The van der Waals surface area contributed by atoms with Crippen molar-refractivity contribution >= 4 is 35.1 Å². The fourth-order valence-corrected chi connectivity index (χ4v) is 4.39. The van der Waals surface area contributed by atoms with Crippen LogP contribution in [-0.2, 0) is 10.2 Å². The molecule has 1 aromatic carbocycles. The number of carbonyl (C=O) groups excluding carboxylic acids is 1. The molecule has 1 aliphatic heterocycles. The second-order valence-electron chi connectivity index (χ2n) is 7.15. The molecular formula is C17H19N5O4S2. The van der Waals surface area contributed by atoms with E-state index in [0.717, 1.165) is 0 Å². The minimum absolute atomic E-state index is 0.0350. The monoisotopic (exact) mass is 421 g/mol. The minimum Gasteiger partial charge on any atom is -0.272 e. The second-order valence-corrected chi connectivity index (χ2v) is 8.99. The molecule has 1 saturated heterocycles. The van der Waals surface area contributed by atoms with Gasteiger partial charge in [-0.2, -0.15) is 4.68 Å². The summed E-state index contributed by atoms with van der Waals surface area (Å²) in [6.45, 7) is 5.57. The molecule has 148 valence electrons. The van der Waals surface area contributed by atoms with Gasteiger partial charge in [-0.3, -0.25) is 19.7 Å². The number of non-ortho nitro benzene ring substituents is 1. The molecule has 1 atom stereocenters. The summed E-state index contributed by atoms with van der Waals surface area (Å²) in [6.07, 6.45) is 1.76. The predicted molar refractivity (Wildman–Crippen MR) is 108 cm³/mol. The fourth-order valence-electron chi connectivity index (χ4n) is 2.79. The highest BCUT2D eigenvalue weighted by Gasteiger charge is 2.38. The second kappa shape index (κ2) is 7.55. The third-order valence-corrected chi connectivity index (χ3v) is 5.97. The third kappa shape index (κ3) is 3.63. The Morgan fingerprint density at radius 2 is 1.86 bits per heavy atom. The van der Waals surface area contributed by atoms with E-state index in [1.54, 1.807) is 18.4 Å². The van der Waals surface area contributed by atoms with Gasteiger partial charge in [0.25, 0.3) is 17.2 Å². The van der Waals surface area contributed by atoms with Gasteiger partial charge in [0.05, 0.1) is 10.7 Å². The lowest BCUT2D eigenvalue weighted by Crippen LogP contribution is -2.48. The summed E-state index contributed by atoms with van der Waals surface area (Å²) in [7, 11) is 0. The number of rotatable bonds is 4. The van der Waals surface area contributed by atoms with Gasteiger partial charge in [0.15, 0.2) is 0 Å². The number of carbonyl (C=O) groups is 1. The van der Waals surface area contributed by atoms with Crippen LogP contribution in [0.3, 0.4) is 0 Å². The quantitative estimate of drug-likeness (QED) is 0.420. The van der Waals surface area contributed by atoms with Crippen LogP contribution in [0.25, 0.3) is 0 Å². The van der Waals surface area contributed by atoms with Crippen molar-refractivity contribution in [2.75, 3.05) is 17.0 Å². The molecule has 9 nitrogen and oxygen atoms in total. The van der Waals surface area contributed by atoms with Crippen LogP contribution in [0.2, 0.25) is 0 Å². The maximum atomic E-state index is 13.2. The summed E-state index contributed by atoms with van der Waals surface area (Å²) >= 11 is 2.57. The first-order valence-corrected chi connectivity index (χ1v) is 10.6. The van der Waals surface area contributed by atoms with Crippen molar-refractivity contribution in [3.63, 3.8) is 0 Å². The molecule has 2 heterocycles. The molecule has 0 radical (unpaired) electrons. The van der Waals surface area contributed by atoms with E-state index < -0.39 is 21.3 Å². The Morgan fingerprint density at radius 1 is 1.21 bits per heavy atom. The number of nitro groups is 1. The van der Waals surface area contributed by atoms with Crippen LogP contribution < -0.4 is 10.6 Å². The van der Waals surface area contributed by atoms with Gasteiger partial charge in [-0.25, -0.2) is 5.01 Å². The van der Waals surface area contributed by atoms with E-state index in [4.69, 9.17) is 0 Å². The van der Waals surface area contributed by atoms with E-state index in [9.17, 15) is 19.7 Å². The predicted octanol–water partition coefficient (Wildman–Crippen LogP) is 2.48. The summed E-state index contributed by atoms with van der Waals surface area (Å²) in [6, 6.07) is 5.98. The average molecular weight is 422 g/mol. The van der Waals surface area contributed by atoms with E-state index in [1.165, 1.54) is 45.3 Å². The summed E-state index contributed by atoms with van der Waals surface area (Å²) in [5, 5.41) is 20.3. The highest BCUT2D eigenvalue weighted by molar-refractivity contribution is 8.00. The van der Waals surface area contributed by atoms with Crippen molar-refractivity contribution in [3.05, 3.63) is 56.0 Å². The number of hydrogen-bond acceptors (Lipinski definition) is 8. The van der Waals surface area contributed by atoms with Crippen LogP contribution in [0.5, 0.6) is 0 Å². The van der Waals surface area contributed by atoms with Crippen molar-refractivity contribution in [3.8, 4) is 0 Å². The van der Waals surface area contributed by atoms with Gasteiger partial charge in [-0.05, 0) is 24.0 Å². The highest BCUT2D eigenvalue weighted by Crippen LogP contribution is 2.38. The number of amides is 1. The zero-order chi connectivity index (χ0) is 20.6. The molecule has 2 aromatic rings. The van der Waals surface area contributed by atoms with E-state index in [2.05, 4.69) is 10.2 Å². The molecule has 28 heavy (non-hydrogen) atoms. The van der Waals surface area contributed by atoms with Crippen LogP contribution in [0.4, 0.5) is 5.69 Å². The number of nitro benzene ring substituents is 1. The van der Waals surface area contributed by atoms with Crippen LogP contribution in [0, 0.1) is 10.1 Å². The molecule has 0 spiro atoms. The molecular weight excluding hydrogens is 402 g/mol. The first-order chi connectivity index (χ1) is 13.1. The van der Waals surface area contributed by atoms with Crippen LogP contribution >= 0.6 is 23.5 Å². The molecule has 3 rings (SSSR count). The Labute approximate surface area is 169 Å². The van der Waals surface area contributed by atoms with E-state index >= 15 is 0 Å². The first-order valence-electron chi connectivity index (χ1n) is 8.37. The summed E-state index contributed by atoms with van der Waals surface area (Å²) < 4.78 is 1.28. The largest absolute Gasteiger partial charge is 0.295 e. The molecule has 1 amide bonds. The Morgan fingerprint density at radius 3 is 2.39 bits per heavy atom. The molecule has 0 N–H and O–H groups in total. The fraction of sp³-hybridized carbons (Fsp3) is 0.412. The highest BCUT2D eigenvalue weighted by atomic mass is 32.2. The molecule has 1 aromatic heterocycles. The number of hydrogen-bond donors (Lipinski definition) is 0. The van der Waals surface area contributed by atoms with Crippen LogP contribution in [-0.4, -0.2) is 37.7 Å². The maximum absolute atomic E-state index is 13.2. The van der Waals surface area contributed by atoms with E-state index in [0.29, 0.717) is 10.7 Å². The van der Waals surface area contributed by atoms with Gasteiger partial charge in [0.1, 0.15) is 11.1 Å². The van der Waals surface area contributed by atoms with Gasteiger partial charge in [0.2, 0.25) is 5.16 Å². The maximum Gasteiger partial charge on any atom is 0.295 e. The molecule has 0 saturated carbocycles. The number of aromatic nitrogens is 3. The van der Waals surface area contributed by atoms with Gasteiger partial charge in [0, 0.05) is 17.5 Å². The van der Waals surface area contributed by atoms with Gasteiger partial charge >= 0.3 is 0 Å². The topological polar surface area (TPSA) is 111 Å². The molecule has 1 aliphatic rings. The minimum atomic E-state index is -0.540. The van der Waals surface area contributed by atoms with Gasteiger partial charge in [-0.15, -0.1) is 22.0 Å². The van der Waals surface area contributed by atoms with Crippen LogP contribution in [0.1, 0.15) is 37.4 Å². The molecule has 0 bridgehead atoms. The van der Waals surface area contributed by atoms with Gasteiger partial charge in [-0.1, -0.05) is 32.5 Å². The zero-order valence-corrected chi connectivity index (χ0v) is 17.4. The Balaban J connectivity index is 2.13. The van der Waals surface area contributed by atoms with E-state index in [-0.39, 0.29) is 23.0 Å². The molecule has 11 heteroatoms. The van der Waals surface area contributed by atoms with E-state index in [1.807, 2.05) is 20.8 Å². The average Bonchev–Trinajstić information content (AvgIpc) is 3.01. The Hall–Kier alpha value is -2.40. The van der Waals surface area contributed by atoms with Crippen molar-refractivity contribution in [1.82, 2.24) is 14.9 Å². The van der Waals surface area contributed by atoms with Crippen molar-refractivity contribution in [2.24, 2.45) is 0 Å². The molecule has 0 aliphatic carbocycles. The normalized spacial score (nSPS) is 17.2. The third-order valence-electron chi connectivity index (χ3n) is 4.15. The molecule has 1 unspecified atom stereocenters. The standard InChI is InChI=1S/C17H19N5O4S2/c1-17(2,3)13-14(24)21(16(27-4)19-18-13)20-12(23)9-28-15(20)10-5-7-11(8-6-10)22(25)26/h5-8,15H,9H2,1-4H3. The molecule has 1 fully saturated rings. The lowest BCUT2D eigenvalue weighted by Gasteiger charge is -2.28. The van der Waals surface area contributed by atoms with Crippen LogP contribution in [0.15, 0.2) is 34.2 Å². The first kappa shape index (κ1) is 20.3. The van der Waals surface area contributed by atoms with Crippen molar-refractivity contribution < 1.29 is 9.72 Å². The number of nitrogens with zero attached hydrogens (tertiary/aromatic N) is 5. The lowest BCUT2D eigenvalue weighted by molar-refractivity contribution is -0.384. The SMILES string of the molecule is CSc1nnc(C(C)(C)C)c(=O)n1N1C(=O)CSC1c1ccc([N+](=O)[O-])cc1. The Kier molecular flexibility index (Phi) is 5.48. The lowest BCUT2D eigenvalue weighted by atomic mass is 9.93.